The van der Waals surface area contributed by atoms with E-state index in [0.29, 0.717) is 12.1 Å². The summed E-state index contributed by atoms with van der Waals surface area (Å²) in [6, 6.07) is 11.4. The Hall–Kier alpha value is -2.20. The second kappa shape index (κ2) is 6.82. The number of ether oxygens (including phenoxy) is 1. The highest BCUT2D eigenvalue weighted by molar-refractivity contribution is 5.93. The number of amides is 1. The summed E-state index contributed by atoms with van der Waals surface area (Å²) in [4.78, 5) is 15.9. The smallest absolute Gasteiger partial charge is 0.251 e. The van der Waals surface area contributed by atoms with Crippen LogP contribution in [0.25, 0.3) is 0 Å². The highest BCUT2D eigenvalue weighted by Crippen LogP contribution is 2.19. The average Bonchev–Trinajstić information content (AvgIpc) is 2.50. The number of nitrogens with zero attached hydrogens (tertiary/aromatic N) is 1. The first kappa shape index (κ1) is 14.2. The summed E-state index contributed by atoms with van der Waals surface area (Å²) >= 11 is 0. The maximum absolute atomic E-state index is 12.0. The topological polar surface area (TPSA) is 51.2 Å². The zero-order chi connectivity index (χ0) is 14.4. The molecule has 2 aromatic rings. The first-order chi connectivity index (χ1) is 9.72. The fourth-order valence-corrected chi connectivity index (χ4v) is 2.06. The van der Waals surface area contributed by atoms with Gasteiger partial charge in [-0.2, -0.15) is 0 Å². The minimum Gasteiger partial charge on any atom is -0.375 e. The first-order valence-electron chi connectivity index (χ1n) is 6.49. The van der Waals surface area contributed by atoms with Gasteiger partial charge in [-0.05, 0) is 30.2 Å². The number of carbonyl (C=O) groups is 1. The SMILES string of the molecule is COC(CNC(=O)c1ccncc1)c1ccccc1C. The van der Waals surface area contributed by atoms with Crippen molar-refractivity contribution >= 4 is 5.91 Å². The molecule has 0 bridgehead atoms. The standard InChI is InChI=1S/C16H18N2O2/c1-12-5-3-4-6-14(12)15(20-2)11-18-16(19)13-7-9-17-10-8-13/h3-10,15H,11H2,1-2H3,(H,18,19). The van der Waals surface area contributed by atoms with Crippen molar-refractivity contribution in [1.29, 1.82) is 0 Å². The Balaban J connectivity index is 2.02. The van der Waals surface area contributed by atoms with Gasteiger partial charge < -0.3 is 10.1 Å². The maximum Gasteiger partial charge on any atom is 0.251 e. The molecular weight excluding hydrogens is 252 g/mol. The van der Waals surface area contributed by atoms with Gasteiger partial charge in [0.2, 0.25) is 0 Å². The van der Waals surface area contributed by atoms with Crippen LogP contribution in [0.3, 0.4) is 0 Å². The molecule has 0 saturated heterocycles. The molecule has 4 heteroatoms. The number of hydrogen-bond donors (Lipinski definition) is 1. The molecule has 0 spiro atoms. The molecule has 1 N–H and O–H groups in total. The molecule has 0 radical (unpaired) electrons. The molecule has 1 heterocycles. The lowest BCUT2D eigenvalue weighted by molar-refractivity contribution is 0.0826. The lowest BCUT2D eigenvalue weighted by Gasteiger charge is -2.18. The van der Waals surface area contributed by atoms with Crippen molar-refractivity contribution in [3.63, 3.8) is 0 Å². The number of pyridine rings is 1. The molecular formula is C16H18N2O2. The Morgan fingerprint density at radius 2 is 1.95 bits per heavy atom. The number of hydrogen-bond acceptors (Lipinski definition) is 3. The largest absolute Gasteiger partial charge is 0.375 e. The van der Waals surface area contributed by atoms with E-state index in [9.17, 15) is 4.79 Å². The second-order valence-electron chi connectivity index (χ2n) is 4.53. The monoisotopic (exact) mass is 270 g/mol. The summed E-state index contributed by atoms with van der Waals surface area (Å²) in [5, 5.41) is 2.88. The molecule has 1 unspecified atom stereocenters. The third-order valence-corrected chi connectivity index (χ3v) is 3.21. The summed E-state index contributed by atoms with van der Waals surface area (Å²) in [6.45, 7) is 2.47. The van der Waals surface area contributed by atoms with Crippen LogP contribution in [0.5, 0.6) is 0 Å². The number of aryl methyl sites for hydroxylation is 1. The van der Waals surface area contributed by atoms with E-state index < -0.39 is 0 Å². The van der Waals surface area contributed by atoms with Crippen molar-refractivity contribution in [2.45, 2.75) is 13.0 Å². The number of rotatable bonds is 5. The lowest BCUT2D eigenvalue weighted by Crippen LogP contribution is -2.29. The highest BCUT2D eigenvalue weighted by atomic mass is 16.5. The maximum atomic E-state index is 12.0. The van der Waals surface area contributed by atoms with Gasteiger partial charge in [-0.15, -0.1) is 0 Å². The minimum absolute atomic E-state index is 0.122. The Kier molecular flexibility index (Phi) is 4.85. The summed E-state index contributed by atoms with van der Waals surface area (Å²) in [5.74, 6) is -0.122. The summed E-state index contributed by atoms with van der Waals surface area (Å²) in [7, 11) is 1.65. The molecule has 104 valence electrons. The lowest BCUT2D eigenvalue weighted by atomic mass is 10.0. The van der Waals surface area contributed by atoms with Crippen LogP contribution in [-0.4, -0.2) is 24.5 Å². The number of carbonyl (C=O) groups excluding carboxylic acids is 1. The number of nitrogens with one attached hydrogen (secondary N) is 1. The predicted octanol–water partition coefficient (Wildman–Crippen LogP) is 2.51. The van der Waals surface area contributed by atoms with Crippen LogP contribution in [0, 0.1) is 6.92 Å². The molecule has 4 nitrogen and oxygen atoms in total. The van der Waals surface area contributed by atoms with Crippen LogP contribution >= 0.6 is 0 Å². The van der Waals surface area contributed by atoms with Gasteiger partial charge in [-0.3, -0.25) is 9.78 Å². The second-order valence-corrected chi connectivity index (χ2v) is 4.53. The van der Waals surface area contributed by atoms with Crippen molar-refractivity contribution < 1.29 is 9.53 Å². The number of aromatic nitrogens is 1. The van der Waals surface area contributed by atoms with Gasteiger partial charge in [0.1, 0.15) is 0 Å². The summed E-state index contributed by atoms with van der Waals surface area (Å²) in [5.41, 5.74) is 2.84. The highest BCUT2D eigenvalue weighted by Gasteiger charge is 2.14. The van der Waals surface area contributed by atoms with Crippen LogP contribution in [0.4, 0.5) is 0 Å². The molecule has 0 fully saturated rings. The third-order valence-electron chi connectivity index (χ3n) is 3.21. The Bertz CT molecular complexity index is 570. The van der Waals surface area contributed by atoms with Gasteiger partial charge >= 0.3 is 0 Å². The van der Waals surface area contributed by atoms with E-state index in [-0.39, 0.29) is 12.0 Å². The van der Waals surface area contributed by atoms with Crippen LogP contribution < -0.4 is 5.32 Å². The first-order valence-corrected chi connectivity index (χ1v) is 6.49. The molecule has 0 aliphatic rings. The molecule has 1 atom stereocenters. The van der Waals surface area contributed by atoms with Gasteiger partial charge in [0.15, 0.2) is 0 Å². The molecule has 0 saturated carbocycles. The fraction of sp³-hybridized carbons (Fsp3) is 0.250. The molecule has 0 aliphatic heterocycles. The van der Waals surface area contributed by atoms with E-state index in [0.717, 1.165) is 11.1 Å². The molecule has 0 aliphatic carbocycles. The third kappa shape index (κ3) is 3.42. The molecule has 2 rings (SSSR count). The van der Waals surface area contributed by atoms with Gasteiger partial charge in [0, 0.05) is 31.6 Å². The van der Waals surface area contributed by atoms with Gasteiger partial charge in [-0.1, -0.05) is 24.3 Å². The Morgan fingerprint density at radius 3 is 2.60 bits per heavy atom. The van der Waals surface area contributed by atoms with Crippen LogP contribution in [-0.2, 0) is 4.74 Å². The van der Waals surface area contributed by atoms with E-state index in [1.807, 2.05) is 31.2 Å². The summed E-state index contributed by atoms with van der Waals surface area (Å²) < 4.78 is 5.48. The van der Waals surface area contributed by atoms with E-state index in [1.165, 1.54) is 0 Å². The molecule has 1 aromatic carbocycles. The molecule has 1 aromatic heterocycles. The predicted molar refractivity (Wildman–Crippen MR) is 77.5 cm³/mol. The van der Waals surface area contributed by atoms with Crippen molar-refractivity contribution in [2.75, 3.05) is 13.7 Å². The van der Waals surface area contributed by atoms with Crippen molar-refractivity contribution in [3.05, 3.63) is 65.5 Å². The van der Waals surface area contributed by atoms with Crippen LogP contribution in [0.1, 0.15) is 27.6 Å². The zero-order valence-corrected chi connectivity index (χ0v) is 11.7. The van der Waals surface area contributed by atoms with E-state index in [2.05, 4.69) is 10.3 Å². The van der Waals surface area contributed by atoms with E-state index >= 15 is 0 Å². The summed E-state index contributed by atoms with van der Waals surface area (Å²) in [6.07, 6.45) is 3.05. The molecule has 20 heavy (non-hydrogen) atoms. The zero-order valence-electron chi connectivity index (χ0n) is 11.7. The number of methoxy groups -OCH3 is 1. The normalized spacial score (nSPS) is 11.9. The quantitative estimate of drug-likeness (QED) is 0.908. The van der Waals surface area contributed by atoms with Gasteiger partial charge in [-0.25, -0.2) is 0 Å². The van der Waals surface area contributed by atoms with Crippen molar-refractivity contribution in [3.8, 4) is 0 Å². The minimum atomic E-state index is -0.151. The Morgan fingerprint density at radius 1 is 1.25 bits per heavy atom. The molecule has 1 amide bonds. The Labute approximate surface area is 118 Å². The number of benzene rings is 1. The van der Waals surface area contributed by atoms with Gasteiger partial charge in [0.05, 0.1) is 6.10 Å². The van der Waals surface area contributed by atoms with E-state index in [1.54, 1.807) is 31.6 Å². The van der Waals surface area contributed by atoms with Crippen LogP contribution in [0.15, 0.2) is 48.8 Å². The van der Waals surface area contributed by atoms with E-state index in [4.69, 9.17) is 4.74 Å². The van der Waals surface area contributed by atoms with Gasteiger partial charge in [0.25, 0.3) is 5.91 Å². The van der Waals surface area contributed by atoms with Crippen molar-refractivity contribution in [2.24, 2.45) is 0 Å². The fourth-order valence-electron chi connectivity index (χ4n) is 2.06. The average molecular weight is 270 g/mol. The van der Waals surface area contributed by atoms with Crippen LogP contribution in [0.2, 0.25) is 0 Å². The van der Waals surface area contributed by atoms with Crippen molar-refractivity contribution in [1.82, 2.24) is 10.3 Å².